The third-order valence-electron chi connectivity index (χ3n) is 5.98. The molecule has 2 aromatic rings. The molecule has 0 saturated carbocycles. The van der Waals surface area contributed by atoms with Crippen molar-refractivity contribution in [3.05, 3.63) is 58.1 Å². The van der Waals surface area contributed by atoms with Gasteiger partial charge >= 0.3 is 0 Å². The third kappa shape index (κ3) is 3.85. The number of aliphatic hydroxyl groups is 3. The molecule has 4 rings (SSSR count). The maximum Gasteiger partial charge on any atom is 0.126 e. The van der Waals surface area contributed by atoms with E-state index in [1.807, 2.05) is 31.2 Å². The minimum absolute atomic E-state index is 0.195. The topological polar surface area (TPSA) is 88.4 Å². The average Bonchev–Trinajstić information content (AvgIpc) is 3.23. The number of fused-ring (bicyclic) bond motifs is 1. The van der Waals surface area contributed by atoms with E-state index < -0.39 is 24.4 Å². The fourth-order valence-corrected chi connectivity index (χ4v) is 4.36. The summed E-state index contributed by atoms with van der Waals surface area (Å²) in [5.74, 6) is 1.66. The Balaban J connectivity index is 1.72. The summed E-state index contributed by atoms with van der Waals surface area (Å²) in [7, 11) is 1.65. The van der Waals surface area contributed by atoms with Crippen LogP contribution in [0.2, 0.25) is 0 Å². The Morgan fingerprint density at radius 2 is 1.93 bits per heavy atom. The first kappa shape index (κ1) is 20.2. The van der Waals surface area contributed by atoms with E-state index in [2.05, 4.69) is 6.07 Å². The monoisotopic (exact) mass is 400 g/mol. The molecule has 3 N–H and O–H groups in total. The summed E-state index contributed by atoms with van der Waals surface area (Å²) in [6.07, 6.45) is -1.42. The molecule has 6 heteroatoms. The molecule has 0 unspecified atom stereocenters. The maximum absolute atomic E-state index is 10.6. The van der Waals surface area contributed by atoms with Crippen LogP contribution >= 0.6 is 0 Å². The van der Waals surface area contributed by atoms with Gasteiger partial charge in [-0.1, -0.05) is 18.2 Å². The van der Waals surface area contributed by atoms with E-state index in [4.69, 9.17) is 14.2 Å². The van der Waals surface area contributed by atoms with Crippen LogP contribution in [0, 0.1) is 6.92 Å². The molecule has 1 fully saturated rings. The summed E-state index contributed by atoms with van der Waals surface area (Å²) in [6.45, 7) is 2.40. The molecule has 4 atom stereocenters. The summed E-state index contributed by atoms with van der Waals surface area (Å²) in [4.78, 5) is 0. The Labute approximate surface area is 170 Å². The van der Waals surface area contributed by atoms with E-state index in [-0.39, 0.29) is 13.0 Å². The summed E-state index contributed by atoms with van der Waals surface area (Å²) >= 11 is 0. The van der Waals surface area contributed by atoms with E-state index in [1.165, 1.54) is 5.56 Å². The van der Waals surface area contributed by atoms with E-state index in [9.17, 15) is 15.3 Å². The minimum Gasteiger partial charge on any atom is -0.497 e. The van der Waals surface area contributed by atoms with Crippen LogP contribution < -0.4 is 9.47 Å². The lowest BCUT2D eigenvalue weighted by atomic mass is 9.86. The SMILES string of the molecule is COc1ccc(Cc2cc([C@@H]3O[C@H](CO)C[C@H](O)[C@@H]3O)c(C)c3c2CCO3)cc1. The van der Waals surface area contributed by atoms with Gasteiger partial charge in [0.2, 0.25) is 0 Å². The number of aliphatic hydroxyl groups excluding tert-OH is 3. The summed E-state index contributed by atoms with van der Waals surface area (Å²) in [5.41, 5.74) is 5.18. The smallest absolute Gasteiger partial charge is 0.126 e. The zero-order valence-corrected chi connectivity index (χ0v) is 16.8. The molecule has 2 aliphatic heterocycles. The van der Waals surface area contributed by atoms with Crippen LogP contribution in [0.1, 0.15) is 40.3 Å². The highest BCUT2D eigenvalue weighted by atomic mass is 16.5. The van der Waals surface area contributed by atoms with Gasteiger partial charge in [-0.05, 0) is 47.7 Å². The van der Waals surface area contributed by atoms with Crippen LogP contribution in [0.15, 0.2) is 30.3 Å². The lowest BCUT2D eigenvalue weighted by molar-refractivity contribution is -0.179. The Kier molecular flexibility index (Phi) is 5.79. The molecule has 0 bridgehead atoms. The zero-order valence-electron chi connectivity index (χ0n) is 16.8. The molecule has 1 saturated heterocycles. The van der Waals surface area contributed by atoms with Crippen molar-refractivity contribution in [2.75, 3.05) is 20.3 Å². The van der Waals surface area contributed by atoms with E-state index >= 15 is 0 Å². The first-order valence-electron chi connectivity index (χ1n) is 10.0. The van der Waals surface area contributed by atoms with Crippen LogP contribution in [0.5, 0.6) is 11.5 Å². The van der Waals surface area contributed by atoms with Crippen molar-refractivity contribution >= 4 is 0 Å². The molecule has 0 radical (unpaired) electrons. The van der Waals surface area contributed by atoms with Gasteiger partial charge in [0, 0.05) is 18.4 Å². The molecule has 2 heterocycles. The molecule has 29 heavy (non-hydrogen) atoms. The van der Waals surface area contributed by atoms with Crippen molar-refractivity contribution in [2.45, 2.75) is 50.6 Å². The van der Waals surface area contributed by atoms with E-state index in [0.717, 1.165) is 46.6 Å². The number of benzene rings is 2. The number of methoxy groups -OCH3 is 1. The van der Waals surface area contributed by atoms with Crippen molar-refractivity contribution in [1.82, 2.24) is 0 Å². The number of ether oxygens (including phenoxy) is 3. The normalized spacial score (nSPS) is 26.1. The standard InChI is InChI=1S/C23H28O6/c1-13-19(23-21(26)20(25)11-17(12-24)29-23)10-15(18-7-8-28-22(13)18)9-14-3-5-16(27-2)6-4-14/h3-6,10,17,20-21,23-26H,7-9,11-12H2,1-2H3/t17-,20-,21-,23-/m0/s1. The Hall–Kier alpha value is -2.12. The molecule has 2 aliphatic rings. The predicted molar refractivity (Wildman–Crippen MR) is 108 cm³/mol. The fraction of sp³-hybridized carbons (Fsp3) is 0.478. The van der Waals surface area contributed by atoms with Gasteiger partial charge in [0.05, 0.1) is 32.5 Å². The minimum atomic E-state index is -1.05. The highest BCUT2D eigenvalue weighted by Crippen LogP contribution is 2.41. The van der Waals surface area contributed by atoms with Gasteiger partial charge in [0.25, 0.3) is 0 Å². The average molecular weight is 400 g/mol. The van der Waals surface area contributed by atoms with Crippen molar-refractivity contribution in [3.8, 4) is 11.5 Å². The molecular formula is C23H28O6. The quantitative estimate of drug-likeness (QED) is 0.712. The molecular weight excluding hydrogens is 372 g/mol. The lowest BCUT2D eigenvalue weighted by Gasteiger charge is -2.37. The van der Waals surface area contributed by atoms with Crippen LogP contribution in [-0.4, -0.2) is 54.0 Å². The molecule has 0 aromatic heterocycles. The van der Waals surface area contributed by atoms with Gasteiger partial charge in [-0.2, -0.15) is 0 Å². The predicted octanol–water partition coefficient (Wildman–Crippen LogP) is 2.07. The van der Waals surface area contributed by atoms with E-state index in [1.54, 1.807) is 7.11 Å². The van der Waals surface area contributed by atoms with Gasteiger partial charge in [0.15, 0.2) is 0 Å². The fourth-order valence-electron chi connectivity index (χ4n) is 4.36. The molecule has 156 valence electrons. The van der Waals surface area contributed by atoms with E-state index in [0.29, 0.717) is 6.61 Å². The van der Waals surface area contributed by atoms with Gasteiger partial charge in [-0.15, -0.1) is 0 Å². The van der Waals surface area contributed by atoms with Crippen molar-refractivity contribution in [1.29, 1.82) is 0 Å². The summed E-state index contributed by atoms with van der Waals surface area (Å²) in [6, 6.07) is 10.0. The second-order valence-corrected chi connectivity index (χ2v) is 7.84. The third-order valence-corrected chi connectivity index (χ3v) is 5.98. The van der Waals surface area contributed by atoms with Crippen molar-refractivity contribution in [2.24, 2.45) is 0 Å². The zero-order chi connectivity index (χ0) is 20.5. The molecule has 2 aromatic carbocycles. The van der Waals surface area contributed by atoms with Crippen LogP contribution in [0.3, 0.4) is 0 Å². The molecule has 0 spiro atoms. The van der Waals surface area contributed by atoms with Crippen LogP contribution in [0.25, 0.3) is 0 Å². The lowest BCUT2D eigenvalue weighted by Crippen LogP contribution is -2.44. The van der Waals surface area contributed by atoms with Gasteiger partial charge < -0.3 is 29.5 Å². The highest BCUT2D eigenvalue weighted by Gasteiger charge is 2.39. The van der Waals surface area contributed by atoms with Gasteiger partial charge in [0.1, 0.15) is 23.7 Å². The molecule has 0 aliphatic carbocycles. The summed E-state index contributed by atoms with van der Waals surface area (Å²) < 4.78 is 17.1. The Bertz CT molecular complexity index is 863. The second kappa shape index (κ2) is 8.32. The van der Waals surface area contributed by atoms with Crippen LogP contribution in [0.4, 0.5) is 0 Å². The first-order chi connectivity index (χ1) is 14.0. The Morgan fingerprint density at radius 3 is 2.62 bits per heavy atom. The Morgan fingerprint density at radius 1 is 1.17 bits per heavy atom. The maximum atomic E-state index is 10.6. The second-order valence-electron chi connectivity index (χ2n) is 7.84. The highest BCUT2D eigenvalue weighted by molar-refractivity contribution is 5.54. The summed E-state index contributed by atoms with van der Waals surface area (Å²) in [5, 5.41) is 30.4. The van der Waals surface area contributed by atoms with Crippen molar-refractivity contribution < 1.29 is 29.5 Å². The molecule has 0 amide bonds. The van der Waals surface area contributed by atoms with Crippen LogP contribution in [-0.2, 0) is 17.6 Å². The van der Waals surface area contributed by atoms with Gasteiger partial charge in [-0.3, -0.25) is 0 Å². The number of hydrogen-bond acceptors (Lipinski definition) is 6. The first-order valence-corrected chi connectivity index (χ1v) is 10.0. The van der Waals surface area contributed by atoms with Gasteiger partial charge in [-0.25, -0.2) is 0 Å². The largest absolute Gasteiger partial charge is 0.497 e. The number of rotatable bonds is 5. The molecule has 6 nitrogen and oxygen atoms in total. The van der Waals surface area contributed by atoms with Crippen molar-refractivity contribution in [3.63, 3.8) is 0 Å². The number of hydrogen-bond donors (Lipinski definition) is 3.